The van der Waals surface area contributed by atoms with Crippen molar-refractivity contribution in [3.8, 4) is 0 Å². The molecule has 0 bridgehead atoms. The van der Waals surface area contributed by atoms with E-state index in [1.165, 1.54) is 70.6 Å². The van der Waals surface area contributed by atoms with Crippen molar-refractivity contribution in [1.29, 1.82) is 0 Å². The Kier molecular flexibility index (Phi) is 24.4. The number of carbonyl (C=O) groups excluding carboxylic acids is 1. The van der Waals surface area contributed by atoms with Crippen LogP contribution in [0.25, 0.3) is 0 Å². The fraction of sp³-hybridized carbons (Fsp3) is 0.962. The normalized spacial score (nSPS) is 11.7. The molecule has 0 aromatic carbocycles. The monoisotopic (exact) mass is 492 g/mol. The second kappa shape index (κ2) is 24.7. The van der Waals surface area contributed by atoms with E-state index >= 15 is 0 Å². The summed E-state index contributed by atoms with van der Waals surface area (Å²) in [6, 6.07) is 0. The van der Waals surface area contributed by atoms with Gasteiger partial charge >= 0.3 is 13.8 Å². The minimum absolute atomic E-state index is 0.0457. The Labute approximate surface area is 203 Å². The zero-order valence-electron chi connectivity index (χ0n) is 21.4. The quantitative estimate of drug-likeness (QED) is 0.0717. The summed E-state index contributed by atoms with van der Waals surface area (Å²) >= 11 is 0. The zero-order chi connectivity index (χ0) is 24.5. The molecule has 0 saturated carbocycles. The number of hydrogen-bond acceptors (Lipinski definition) is 4. The van der Waals surface area contributed by atoms with Crippen molar-refractivity contribution in [3.05, 3.63) is 0 Å². The maximum absolute atomic E-state index is 11.8. The standard InChI is InChI=1S/C26H53O6P/c1-2-3-4-5-6-7-8-9-10-11-14-17-20-23-26(27)31-24-21-18-15-12-13-16-19-22-25-32-33(28,29)30/h2-25H2,1H3,(H2,28,29,30). The number of esters is 1. The van der Waals surface area contributed by atoms with Crippen LogP contribution in [0.5, 0.6) is 0 Å². The molecule has 0 fully saturated rings. The number of carbonyl (C=O) groups is 1. The van der Waals surface area contributed by atoms with Gasteiger partial charge in [0.2, 0.25) is 0 Å². The van der Waals surface area contributed by atoms with Crippen LogP contribution in [0.3, 0.4) is 0 Å². The molecule has 6 nitrogen and oxygen atoms in total. The summed E-state index contributed by atoms with van der Waals surface area (Å²) in [7, 11) is -4.31. The summed E-state index contributed by atoms with van der Waals surface area (Å²) in [6.07, 6.45) is 25.7. The first kappa shape index (κ1) is 32.6. The molecule has 198 valence electrons. The minimum Gasteiger partial charge on any atom is -0.466 e. The van der Waals surface area contributed by atoms with Crippen LogP contribution < -0.4 is 0 Å². The summed E-state index contributed by atoms with van der Waals surface area (Å²) in [5.41, 5.74) is 0. The van der Waals surface area contributed by atoms with Crippen molar-refractivity contribution in [2.75, 3.05) is 13.2 Å². The molecular formula is C26H53O6P. The molecule has 0 saturated heterocycles. The molecule has 0 aromatic heterocycles. The highest BCUT2D eigenvalue weighted by molar-refractivity contribution is 7.46. The first-order chi connectivity index (χ1) is 16.0. The number of phosphoric ester groups is 1. The van der Waals surface area contributed by atoms with Gasteiger partial charge in [-0.25, -0.2) is 4.57 Å². The lowest BCUT2D eigenvalue weighted by atomic mass is 10.0. The minimum atomic E-state index is -4.31. The van der Waals surface area contributed by atoms with E-state index in [1.807, 2.05) is 0 Å². The van der Waals surface area contributed by atoms with Crippen LogP contribution in [0.2, 0.25) is 0 Å². The van der Waals surface area contributed by atoms with Gasteiger partial charge < -0.3 is 14.5 Å². The lowest BCUT2D eigenvalue weighted by molar-refractivity contribution is -0.143. The molecule has 0 aliphatic carbocycles. The lowest BCUT2D eigenvalue weighted by Crippen LogP contribution is -2.05. The Balaban J connectivity index is 3.19. The van der Waals surface area contributed by atoms with Crippen molar-refractivity contribution in [3.63, 3.8) is 0 Å². The van der Waals surface area contributed by atoms with Crippen LogP contribution in [0, 0.1) is 0 Å². The van der Waals surface area contributed by atoms with Gasteiger partial charge in [-0.05, 0) is 19.3 Å². The van der Waals surface area contributed by atoms with Gasteiger partial charge in [0.15, 0.2) is 0 Å². The average molecular weight is 493 g/mol. The van der Waals surface area contributed by atoms with Gasteiger partial charge in [-0.2, -0.15) is 0 Å². The van der Waals surface area contributed by atoms with Crippen LogP contribution in [0.4, 0.5) is 0 Å². The van der Waals surface area contributed by atoms with Crippen molar-refractivity contribution in [2.45, 2.75) is 148 Å². The third-order valence-electron chi connectivity index (χ3n) is 6.05. The highest BCUT2D eigenvalue weighted by atomic mass is 31.2. The summed E-state index contributed by atoms with van der Waals surface area (Å²) in [4.78, 5) is 28.9. The maximum Gasteiger partial charge on any atom is 0.469 e. The predicted octanol–water partition coefficient (Wildman–Crippen LogP) is 8.24. The third-order valence-corrected chi connectivity index (χ3v) is 6.56. The topological polar surface area (TPSA) is 93.1 Å². The van der Waals surface area contributed by atoms with E-state index in [0.29, 0.717) is 19.4 Å². The fourth-order valence-corrected chi connectivity index (χ4v) is 4.36. The number of ether oxygens (including phenoxy) is 1. The summed E-state index contributed by atoms with van der Waals surface area (Å²) in [5.74, 6) is -0.0457. The SMILES string of the molecule is CCCCCCCCCCCCCCCC(=O)OCCCCCCCCCCOP(=O)(O)O. The molecule has 7 heteroatoms. The summed E-state index contributed by atoms with van der Waals surface area (Å²) in [6.45, 7) is 2.92. The zero-order valence-corrected chi connectivity index (χ0v) is 22.3. The number of hydrogen-bond donors (Lipinski definition) is 2. The van der Waals surface area contributed by atoms with Crippen LogP contribution >= 0.6 is 7.82 Å². The molecule has 33 heavy (non-hydrogen) atoms. The lowest BCUT2D eigenvalue weighted by Gasteiger charge is -2.06. The first-order valence-corrected chi connectivity index (χ1v) is 15.3. The summed E-state index contributed by atoms with van der Waals surface area (Å²) in [5, 5.41) is 0. The van der Waals surface area contributed by atoms with E-state index in [1.54, 1.807) is 0 Å². The molecule has 0 atom stereocenters. The van der Waals surface area contributed by atoms with Crippen LogP contribution in [0.15, 0.2) is 0 Å². The third kappa shape index (κ3) is 29.5. The van der Waals surface area contributed by atoms with E-state index in [2.05, 4.69) is 11.4 Å². The average Bonchev–Trinajstić information content (AvgIpc) is 2.77. The number of rotatable bonds is 26. The van der Waals surface area contributed by atoms with Gasteiger partial charge in [-0.3, -0.25) is 9.32 Å². The van der Waals surface area contributed by atoms with Crippen LogP contribution in [-0.4, -0.2) is 29.0 Å². The highest BCUT2D eigenvalue weighted by Crippen LogP contribution is 2.35. The van der Waals surface area contributed by atoms with E-state index in [-0.39, 0.29) is 12.6 Å². The van der Waals surface area contributed by atoms with E-state index in [0.717, 1.165) is 57.8 Å². The number of unbranched alkanes of at least 4 members (excludes halogenated alkanes) is 19. The molecule has 0 rings (SSSR count). The predicted molar refractivity (Wildman–Crippen MR) is 136 cm³/mol. The van der Waals surface area contributed by atoms with Gasteiger partial charge in [0.25, 0.3) is 0 Å². The molecule has 0 aromatic rings. The van der Waals surface area contributed by atoms with Crippen molar-refractivity contribution >= 4 is 13.8 Å². The van der Waals surface area contributed by atoms with Crippen molar-refractivity contribution in [1.82, 2.24) is 0 Å². The fourth-order valence-electron chi connectivity index (χ4n) is 3.99. The van der Waals surface area contributed by atoms with Gasteiger partial charge in [0.1, 0.15) is 0 Å². The highest BCUT2D eigenvalue weighted by Gasteiger charge is 2.12. The van der Waals surface area contributed by atoms with E-state index < -0.39 is 7.82 Å². The van der Waals surface area contributed by atoms with Gasteiger partial charge in [-0.15, -0.1) is 0 Å². The van der Waals surface area contributed by atoms with Gasteiger partial charge in [0.05, 0.1) is 13.2 Å². The molecule has 0 heterocycles. The molecule has 0 aliphatic heterocycles. The Morgan fingerprint density at radius 3 is 1.36 bits per heavy atom. The molecule has 0 spiro atoms. The number of phosphoric acid groups is 1. The van der Waals surface area contributed by atoms with Crippen LogP contribution in [-0.2, 0) is 18.6 Å². The molecule has 0 aliphatic rings. The smallest absolute Gasteiger partial charge is 0.466 e. The van der Waals surface area contributed by atoms with E-state index in [4.69, 9.17) is 14.5 Å². The first-order valence-electron chi connectivity index (χ1n) is 13.8. The van der Waals surface area contributed by atoms with Crippen molar-refractivity contribution in [2.24, 2.45) is 0 Å². The van der Waals surface area contributed by atoms with Gasteiger partial charge in [0, 0.05) is 6.42 Å². The Morgan fingerprint density at radius 2 is 0.939 bits per heavy atom. The summed E-state index contributed by atoms with van der Waals surface area (Å²) < 4.78 is 20.3. The Hall–Kier alpha value is -0.420. The van der Waals surface area contributed by atoms with Crippen LogP contribution in [0.1, 0.15) is 148 Å². The molecular weight excluding hydrogens is 439 g/mol. The molecule has 2 N–H and O–H groups in total. The second-order valence-electron chi connectivity index (χ2n) is 9.37. The van der Waals surface area contributed by atoms with Crippen molar-refractivity contribution < 1.29 is 28.4 Å². The molecule has 0 amide bonds. The Morgan fingerprint density at radius 1 is 0.576 bits per heavy atom. The molecule has 0 unspecified atom stereocenters. The van der Waals surface area contributed by atoms with E-state index in [9.17, 15) is 9.36 Å². The maximum atomic E-state index is 11.8. The second-order valence-corrected chi connectivity index (χ2v) is 10.6. The molecule has 0 radical (unpaired) electrons. The Bertz CT molecular complexity index is 466. The largest absolute Gasteiger partial charge is 0.469 e. The van der Waals surface area contributed by atoms with Gasteiger partial charge in [-0.1, -0.05) is 122 Å².